The first-order chi connectivity index (χ1) is 12.9. The molecule has 2 aromatic carbocycles. The quantitative estimate of drug-likeness (QED) is 0.716. The van der Waals surface area contributed by atoms with Gasteiger partial charge in [0, 0.05) is 12.6 Å². The number of carboxylic acids is 1. The highest BCUT2D eigenvalue weighted by Crippen LogP contribution is 2.37. The summed E-state index contributed by atoms with van der Waals surface area (Å²) in [4.78, 5) is 24.0. The van der Waals surface area contributed by atoms with Gasteiger partial charge in [-0.3, -0.25) is 4.79 Å². The zero-order valence-corrected chi connectivity index (χ0v) is 14.5. The second kappa shape index (κ2) is 6.37. The molecule has 0 bridgehead atoms. The molecule has 138 valence electrons. The highest BCUT2D eigenvalue weighted by Gasteiger charge is 2.28. The molecule has 2 N–H and O–H groups in total. The third kappa shape index (κ3) is 2.75. The summed E-state index contributed by atoms with van der Waals surface area (Å²) in [7, 11) is 0. The molecule has 0 saturated heterocycles. The van der Waals surface area contributed by atoms with Gasteiger partial charge < -0.3 is 19.5 Å². The van der Waals surface area contributed by atoms with Gasteiger partial charge in [0.25, 0.3) is 0 Å². The van der Waals surface area contributed by atoms with Crippen molar-refractivity contribution in [1.82, 2.24) is 4.57 Å². The topological polar surface area (TPSA) is 88.8 Å². The average Bonchev–Trinajstić information content (AvgIpc) is 2.99. The first kappa shape index (κ1) is 17.5. The van der Waals surface area contributed by atoms with Crippen molar-refractivity contribution in [3.8, 4) is 5.75 Å². The number of aromatic nitrogens is 1. The number of hydrogen-bond acceptors (Lipinski definition) is 4. The third-order valence-electron chi connectivity index (χ3n) is 4.54. The Labute approximate surface area is 157 Å². The number of aliphatic hydroxyl groups excluding tert-OH is 1. The highest BCUT2D eigenvalue weighted by molar-refractivity contribution is 6.30. The van der Waals surface area contributed by atoms with E-state index in [1.165, 1.54) is 22.9 Å². The molecule has 27 heavy (non-hydrogen) atoms. The van der Waals surface area contributed by atoms with Crippen molar-refractivity contribution in [1.29, 1.82) is 0 Å². The zero-order chi connectivity index (χ0) is 19.3. The fraction of sp³-hybridized carbons (Fsp3) is 0.158. The van der Waals surface area contributed by atoms with Crippen LogP contribution in [0.5, 0.6) is 5.75 Å². The number of ether oxygens (including phenoxy) is 1. The predicted octanol–water partition coefficient (Wildman–Crippen LogP) is 2.97. The molecule has 1 aliphatic heterocycles. The Kier molecular flexibility index (Phi) is 4.13. The number of pyridine rings is 1. The Morgan fingerprint density at radius 2 is 2.11 bits per heavy atom. The number of halogens is 2. The standard InChI is InChI=1S/C19H13ClFNO5/c20-13-3-1-2-10(16(13)21)4-9-5-11-17-14(6-9)27-15(8-23)22(17)7-12(18(11)24)19(25)26/h1-3,5-7,15,23H,4,8H2,(H,25,26)/t15-/m0/s1. The molecule has 1 atom stereocenters. The molecule has 0 fully saturated rings. The van der Waals surface area contributed by atoms with Gasteiger partial charge in [0.05, 0.1) is 22.5 Å². The third-order valence-corrected chi connectivity index (χ3v) is 4.83. The fourth-order valence-corrected chi connectivity index (χ4v) is 3.51. The maximum absolute atomic E-state index is 14.2. The summed E-state index contributed by atoms with van der Waals surface area (Å²) in [6, 6.07) is 7.80. The van der Waals surface area contributed by atoms with Gasteiger partial charge in [0.2, 0.25) is 5.43 Å². The monoisotopic (exact) mass is 389 g/mol. The van der Waals surface area contributed by atoms with Crippen molar-refractivity contribution >= 4 is 28.5 Å². The van der Waals surface area contributed by atoms with E-state index in [1.807, 2.05) is 0 Å². The van der Waals surface area contributed by atoms with Crippen LogP contribution in [0.1, 0.15) is 27.7 Å². The average molecular weight is 390 g/mol. The molecule has 0 spiro atoms. The maximum Gasteiger partial charge on any atom is 0.341 e. The van der Waals surface area contributed by atoms with Gasteiger partial charge >= 0.3 is 5.97 Å². The minimum Gasteiger partial charge on any atom is -0.477 e. The van der Waals surface area contributed by atoms with Crippen LogP contribution in [0, 0.1) is 5.82 Å². The summed E-state index contributed by atoms with van der Waals surface area (Å²) in [5.41, 5.74) is 0.206. The number of rotatable bonds is 4. The molecule has 0 radical (unpaired) electrons. The second-order valence-corrected chi connectivity index (χ2v) is 6.63. The Morgan fingerprint density at radius 3 is 2.81 bits per heavy atom. The van der Waals surface area contributed by atoms with Crippen LogP contribution in [0.3, 0.4) is 0 Å². The summed E-state index contributed by atoms with van der Waals surface area (Å²) in [6.45, 7) is -0.399. The zero-order valence-electron chi connectivity index (χ0n) is 13.8. The number of carbonyl (C=O) groups is 1. The van der Waals surface area contributed by atoms with Gasteiger partial charge in [0.15, 0.2) is 6.23 Å². The van der Waals surface area contributed by atoms with E-state index in [0.29, 0.717) is 22.4 Å². The summed E-state index contributed by atoms with van der Waals surface area (Å²) in [5.74, 6) is -1.60. The Balaban J connectivity index is 1.93. The molecule has 0 aliphatic carbocycles. The van der Waals surface area contributed by atoms with E-state index >= 15 is 0 Å². The second-order valence-electron chi connectivity index (χ2n) is 6.22. The molecule has 8 heteroatoms. The molecule has 0 amide bonds. The lowest BCUT2D eigenvalue weighted by Crippen LogP contribution is -2.21. The minimum absolute atomic E-state index is 0.00931. The van der Waals surface area contributed by atoms with E-state index in [1.54, 1.807) is 18.2 Å². The minimum atomic E-state index is -1.37. The number of hydrogen-bond donors (Lipinski definition) is 2. The van der Waals surface area contributed by atoms with Crippen molar-refractivity contribution in [3.05, 3.63) is 74.3 Å². The van der Waals surface area contributed by atoms with Crippen LogP contribution in [-0.2, 0) is 6.42 Å². The van der Waals surface area contributed by atoms with Gasteiger partial charge in [-0.2, -0.15) is 0 Å². The number of nitrogens with zero attached hydrogens (tertiary/aromatic N) is 1. The number of carboxylic acid groups (broad SMARTS) is 1. The lowest BCUT2D eigenvalue weighted by molar-refractivity contribution is 0.0685. The smallest absolute Gasteiger partial charge is 0.341 e. The summed E-state index contributed by atoms with van der Waals surface area (Å²) in [5, 5.41) is 19.0. The molecule has 4 rings (SSSR count). The van der Waals surface area contributed by atoms with Crippen LogP contribution >= 0.6 is 11.6 Å². The van der Waals surface area contributed by atoms with Gasteiger partial charge in [-0.15, -0.1) is 0 Å². The summed E-state index contributed by atoms with van der Waals surface area (Å²) in [6.07, 6.45) is 0.472. The predicted molar refractivity (Wildman–Crippen MR) is 96.1 cm³/mol. The Bertz CT molecular complexity index is 1160. The van der Waals surface area contributed by atoms with E-state index in [9.17, 15) is 24.2 Å². The van der Waals surface area contributed by atoms with Crippen molar-refractivity contribution in [2.45, 2.75) is 12.6 Å². The van der Waals surface area contributed by atoms with Crippen LogP contribution in [0.4, 0.5) is 4.39 Å². The van der Waals surface area contributed by atoms with Crippen LogP contribution in [0.15, 0.2) is 41.3 Å². The number of aromatic carboxylic acids is 1. The molecule has 1 aliphatic rings. The summed E-state index contributed by atoms with van der Waals surface area (Å²) < 4.78 is 21.3. The summed E-state index contributed by atoms with van der Waals surface area (Å²) >= 11 is 5.81. The van der Waals surface area contributed by atoms with Crippen LogP contribution in [0.25, 0.3) is 10.9 Å². The van der Waals surface area contributed by atoms with Crippen LogP contribution < -0.4 is 10.2 Å². The molecule has 2 heterocycles. The maximum atomic E-state index is 14.2. The van der Waals surface area contributed by atoms with Crippen LogP contribution in [-0.4, -0.2) is 27.4 Å². The van der Waals surface area contributed by atoms with E-state index in [4.69, 9.17) is 16.3 Å². The lowest BCUT2D eigenvalue weighted by Gasteiger charge is -2.11. The fourth-order valence-electron chi connectivity index (χ4n) is 3.32. The Morgan fingerprint density at radius 1 is 1.33 bits per heavy atom. The largest absolute Gasteiger partial charge is 0.477 e. The molecule has 0 saturated carbocycles. The first-order valence-electron chi connectivity index (χ1n) is 8.06. The first-order valence-corrected chi connectivity index (χ1v) is 8.44. The van der Waals surface area contributed by atoms with Crippen molar-refractivity contribution in [2.24, 2.45) is 0 Å². The van der Waals surface area contributed by atoms with E-state index in [-0.39, 0.29) is 16.8 Å². The molecule has 6 nitrogen and oxygen atoms in total. The lowest BCUT2D eigenvalue weighted by atomic mass is 10.0. The van der Waals surface area contributed by atoms with Crippen molar-refractivity contribution < 1.29 is 24.1 Å². The van der Waals surface area contributed by atoms with E-state index in [2.05, 4.69) is 0 Å². The molecular formula is C19H13ClFNO5. The number of aliphatic hydroxyl groups is 1. The Hall–Kier alpha value is -2.90. The molecular weight excluding hydrogens is 377 g/mol. The van der Waals surface area contributed by atoms with Crippen molar-refractivity contribution in [3.63, 3.8) is 0 Å². The van der Waals surface area contributed by atoms with E-state index < -0.39 is 35.6 Å². The van der Waals surface area contributed by atoms with Gasteiger partial charge in [0.1, 0.15) is 17.1 Å². The van der Waals surface area contributed by atoms with E-state index in [0.717, 1.165) is 0 Å². The van der Waals surface area contributed by atoms with Gasteiger partial charge in [-0.1, -0.05) is 23.7 Å². The highest BCUT2D eigenvalue weighted by atomic mass is 35.5. The normalized spacial score (nSPS) is 15.1. The number of benzene rings is 2. The molecule has 1 aromatic heterocycles. The molecule has 3 aromatic rings. The van der Waals surface area contributed by atoms with Gasteiger partial charge in [-0.25, -0.2) is 9.18 Å². The van der Waals surface area contributed by atoms with Crippen molar-refractivity contribution in [2.75, 3.05) is 6.61 Å². The molecule has 0 unspecified atom stereocenters. The van der Waals surface area contributed by atoms with Gasteiger partial charge in [-0.05, 0) is 29.3 Å². The van der Waals surface area contributed by atoms with Crippen LogP contribution in [0.2, 0.25) is 5.02 Å². The SMILES string of the molecule is O=C(O)c1cn2c3c(cc(Cc4cccc(Cl)c4F)cc3c1=O)O[C@H]2CO.